The molecule has 29 nitrogen and oxygen atoms in total. The first-order chi connectivity index (χ1) is 42.3. The second-order valence-electron chi connectivity index (χ2n) is 18.6. The fourth-order valence-electron chi connectivity index (χ4n) is 7.80. The molecule has 13 N–H and O–H groups in total. The fourth-order valence-corrected chi connectivity index (χ4v) is 10.6. The van der Waals surface area contributed by atoms with Crippen LogP contribution in [0.2, 0.25) is 0 Å². The van der Waals surface area contributed by atoms with E-state index in [0.29, 0.717) is 22.8 Å². The number of amides is 3. The number of hydrogen-bond acceptors (Lipinski definition) is 25. The van der Waals surface area contributed by atoms with Crippen LogP contribution in [0.1, 0.15) is 45.7 Å². The third kappa shape index (κ3) is 29.6. The number of aromatic amines is 1. The van der Waals surface area contributed by atoms with Crippen molar-refractivity contribution in [3.63, 3.8) is 0 Å². The minimum absolute atomic E-state index is 0. The van der Waals surface area contributed by atoms with Crippen molar-refractivity contribution >= 4 is 92.2 Å². The number of carbonyl (C=O) groups is 5. The van der Waals surface area contributed by atoms with Gasteiger partial charge in [0.05, 0.1) is 85.4 Å². The standard InChI is InChI=1S/C31H38N12O8.C18H15O3PS.C8H16NO5.3Na.Tc/c32-31-41-26-25(29(47)42-31)39-21(17-38-26)16-36-20-4-1-18(2-5-20)28(46)40-22(30(48)49)6-8-24(44)34-9-11-50-13-14-51-12-10-35-27(45)19-3-7-23(43-33)37-15-19;19-23(20,21)18-13-11-17(12-14-18)22(15-7-3-1-4-8-15)16-9-5-2-6-10-16;1-14-6-8(5-11,2-3-10)9-4-7(12)13;;;;/h1-5,7,15,17,22,36H,6,8-14,16,33H2,(H,34,44)(H,35,45)(H,37,43)(H,40,46)(H,48,49)(H3,32,38,41,42,47);1-14H,(H,19,20,21);9-11H,1-6H2,(H,12,13);;;;/q;;-1;3*+1;/p-3/i;;;;;;1+1. The maximum absolute atomic E-state index is 12.7. The first kappa shape index (κ1) is 84.7. The Morgan fingerprint density at radius 1 is 0.750 bits per heavy atom. The van der Waals surface area contributed by atoms with Crippen molar-refractivity contribution in [3.05, 3.63) is 168 Å². The Hall–Kier alpha value is -5.29. The van der Waals surface area contributed by atoms with Crippen LogP contribution in [0.5, 0.6) is 0 Å². The topological polar surface area (TPSA) is 465 Å². The van der Waals surface area contributed by atoms with E-state index in [1.54, 1.807) is 36.4 Å². The SMILES string of the molecule is NNc1ccc(C(=O)NCCOCCOCCNC(=O)CCC(NC(=O)c2ccc(NCc3cnc4nc(N)[nH]c(=O)c4n3)cc2)C(=O)[O-])cn1.O=S(=O)([O-])c1ccc(P(c2ccccc2)c2ccccc2)cc1.[99Tc].[CH2-]OCC(CO)(CCO)NCC(=O)[O-].[Na+].[Na+].[Na+]. The number of nitrogens with one attached hydrogen (secondary N) is 7. The van der Waals surface area contributed by atoms with Crippen molar-refractivity contribution in [2.75, 3.05) is 82.4 Å². The van der Waals surface area contributed by atoms with Gasteiger partial charge >= 0.3 is 88.7 Å². The summed E-state index contributed by atoms with van der Waals surface area (Å²) in [6, 6.07) is 34.4. The van der Waals surface area contributed by atoms with Crippen LogP contribution < -0.4 is 164 Å². The molecule has 3 aromatic heterocycles. The summed E-state index contributed by atoms with van der Waals surface area (Å²) < 4.78 is 48.7. The zero-order valence-corrected chi connectivity index (χ0v) is 60.2. The number of H-pyrrole nitrogens is 1. The quantitative estimate of drug-likeness (QED) is 0.00355. The first-order valence-corrected chi connectivity index (χ1v) is 29.5. The molecule has 7 rings (SSSR count). The molecule has 0 bridgehead atoms. The Kier molecular flexibility index (Phi) is 41.6. The van der Waals surface area contributed by atoms with Crippen LogP contribution in [0.15, 0.2) is 143 Å². The van der Waals surface area contributed by atoms with Gasteiger partial charge in [-0.3, -0.25) is 24.2 Å². The van der Waals surface area contributed by atoms with Crippen molar-refractivity contribution < 1.29 is 180 Å². The second-order valence-corrected chi connectivity index (χ2v) is 22.2. The van der Waals surface area contributed by atoms with Gasteiger partial charge in [0, 0.05) is 76.8 Å². The van der Waals surface area contributed by atoms with Gasteiger partial charge in [0.15, 0.2) is 11.2 Å². The molecule has 0 fully saturated rings. The van der Waals surface area contributed by atoms with Crippen LogP contribution >= 0.6 is 7.92 Å². The predicted octanol–water partition coefficient (Wildman–Crippen LogP) is -11.6. The van der Waals surface area contributed by atoms with E-state index in [0.717, 1.165) is 5.30 Å². The summed E-state index contributed by atoms with van der Waals surface area (Å²) in [4.78, 5) is 89.3. The number of aromatic nitrogens is 5. The van der Waals surface area contributed by atoms with Crippen molar-refractivity contribution in [2.45, 2.75) is 42.3 Å². The average Bonchev–Trinajstić information content (AvgIpc) is 0.922. The molecule has 0 saturated heterocycles. The molecule has 1 radical (unpaired) electrons. The molecule has 0 saturated carbocycles. The maximum Gasteiger partial charge on any atom is 1.00 e. The molecule has 92 heavy (non-hydrogen) atoms. The van der Waals surface area contributed by atoms with Gasteiger partial charge in [-0.05, 0) is 85.2 Å². The number of carboxylic acid groups (broad SMARTS) is 2. The molecule has 0 aliphatic heterocycles. The summed E-state index contributed by atoms with van der Waals surface area (Å²) in [6.07, 6.45) is 2.66. The monoisotopic (exact) mass is 1420 g/mol. The van der Waals surface area contributed by atoms with E-state index in [2.05, 4.69) is 93.0 Å². The number of benzene rings is 4. The van der Waals surface area contributed by atoms with Crippen molar-refractivity contribution in [1.82, 2.24) is 46.2 Å². The van der Waals surface area contributed by atoms with E-state index in [-0.39, 0.29) is 227 Å². The van der Waals surface area contributed by atoms with E-state index in [4.69, 9.17) is 31.3 Å². The number of nitrogen functional groups attached to an aromatic ring is 2. The normalized spacial score (nSPS) is 11.5. The number of ether oxygens (including phenoxy) is 3. The summed E-state index contributed by atoms with van der Waals surface area (Å²) in [5.41, 5.74) is 8.22. The van der Waals surface area contributed by atoms with Gasteiger partial charge in [0.1, 0.15) is 15.9 Å². The molecule has 2 atom stereocenters. The zero-order chi connectivity index (χ0) is 63.9. The molecule has 0 spiro atoms. The minimum atomic E-state index is -4.42. The van der Waals surface area contributed by atoms with Gasteiger partial charge in [-0.25, -0.2) is 36.3 Å². The maximum atomic E-state index is 12.7. The summed E-state index contributed by atoms with van der Waals surface area (Å²) in [7, 11) is -2.08. The number of aliphatic hydroxyl groups excluding tert-OH is 2. The number of hydrazine groups is 1. The number of carboxylic acids is 2. The number of carbonyl (C=O) groups excluding carboxylic acids is 5. The van der Waals surface area contributed by atoms with Crippen LogP contribution in [-0.2, 0) is 65.4 Å². The van der Waals surface area contributed by atoms with Crippen LogP contribution in [0, 0.1) is 7.11 Å². The molecule has 0 aliphatic rings. The Balaban J connectivity index is 0.000000849. The summed E-state index contributed by atoms with van der Waals surface area (Å²) in [5, 5.41) is 56.3. The van der Waals surface area contributed by atoms with Gasteiger partial charge in [-0.15, -0.1) is 0 Å². The van der Waals surface area contributed by atoms with Crippen LogP contribution in [0.25, 0.3) is 11.2 Å². The number of pyridine rings is 1. The molecule has 3 heterocycles. The van der Waals surface area contributed by atoms with Crippen molar-refractivity contribution in [2.24, 2.45) is 5.84 Å². The Morgan fingerprint density at radius 2 is 1.34 bits per heavy atom. The number of nitrogens with two attached hydrogens (primary N) is 2. The number of hydrogen-bond donors (Lipinski definition) is 11. The van der Waals surface area contributed by atoms with Gasteiger partial charge in [-0.1, -0.05) is 72.8 Å². The number of rotatable bonds is 32. The smallest absolute Gasteiger partial charge is 0.744 e. The molecule has 4 aromatic carbocycles. The van der Waals surface area contributed by atoms with Gasteiger partial charge < -0.3 is 86.5 Å². The molecule has 2 unspecified atom stereocenters. The minimum Gasteiger partial charge on any atom is -0.744 e. The van der Waals surface area contributed by atoms with E-state index in [1.165, 1.54) is 47.3 Å². The van der Waals surface area contributed by atoms with Crippen molar-refractivity contribution in [1.29, 1.82) is 0 Å². The number of aliphatic carboxylic acids is 2. The van der Waals surface area contributed by atoms with E-state index in [1.807, 2.05) is 36.4 Å². The molecule has 7 aromatic rings. The number of nitrogens with zero attached hydrogens (tertiary/aromatic N) is 4. The van der Waals surface area contributed by atoms with Gasteiger partial charge in [0.25, 0.3) is 17.4 Å². The largest absolute Gasteiger partial charge is 1.00 e. The van der Waals surface area contributed by atoms with E-state index in [9.17, 15) is 52.0 Å². The molecule has 0 aliphatic carbocycles. The summed E-state index contributed by atoms with van der Waals surface area (Å²) >= 11 is 0. The zero-order valence-electron chi connectivity index (χ0n) is 50.7. The molecule has 3 amide bonds. The van der Waals surface area contributed by atoms with E-state index >= 15 is 0 Å². The van der Waals surface area contributed by atoms with Gasteiger partial charge in [0.2, 0.25) is 11.9 Å². The summed E-state index contributed by atoms with van der Waals surface area (Å²) in [5.74, 6) is 1.42. The molecular formula is C57H66N13Na3O16PSTc-. The molecular weight excluding hydrogens is 1350 g/mol. The molecule has 35 heteroatoms. The number of aliphatic hydroxyl groups is 2. The van der Waals surface area contributed by atoms with Crippen molar-refractivity contribution in [3.8, 4) is 0 Å². The molecule has 477 valence electrons. The third-order valence-electron chi connectivity index (χ3n) is 12.3. The Labute approximate surface area is 611 Å². The Morgan fingerprint density at radius 3 is 1.86 bits per heavy atom. The van der Waals surface area contributed by atoms with E-state index < -0.39 is 65.5 Å². The second kappa shape index (κ2) is 45.2. The Bertz CT molecular complexity index is 3490. The fraction of sp³-hybridized carbons (Fsp3) is 0.281. The van der Waals surface area contributed by atoms with Crippen LogP contribution in [-0.4, -0.2) is 155 Å². The van der Waals surface area contributed by atoms with Gasteiger partial charge in [-0.2, -0.15) is 4.98 Å². The van der Waals surface area contributed by atoms with Crippen LogP contribution in [0.3, 0.4) is 0 Å². The first-order valence-electron chi connectivity index (χ1n) is 26.8. The number of fused-ring (bicyclic) bond motifs is 1. The number of anilines is 3. The summed E-state index contributed by atoms with van der Waals surface area (Å²) in [6.45, 7) is 0.724. The average molecular weight is 1420 g/mol. The third-order valence-corrected chi connectivity index (χ3v) is 15.6. The predicted molar refractivity (Wildman–Crippen MR) is 320 cm³/mol. The van der Waals surface area contributed by atoms with Crippen LogP contribution in [0.4, 0.5) is 17.5 Å².